The Morgan fingerprint density at radius 1 is 1.13 bits per heavy atom. The minimum atomic E-state index is 0.422. The van der Waals surface area contributed by atoms with Gasteiger partial charge in [-0.3, -0.25) is 0 Å². The molecule has 0 aliphatic rings. The summed E-state index contributed by atoms with van der Waals surface area (Å²) in [6.45, 7) is 0.422. The third-order valence-corrected chi connectivity index (χ3v) is 2.02. The molecule has 0 unspecified atom stereocenters. The number of methoxy groups -OCH3 is 3. The van der Waals surface area contributed by atoms with Crippen molar-refractivity contribution in [1.29, 1.82) is 5.26 Å². The van der Waals surface area contributed by atoms with Crippen LogP contribution in [0.5, 0.6) is 11.5 Å². The predicted octanol–water partition coefficient (Wildman–Crippen LogP) is 1.72. The van der Waals surface area contributed by atoms with Gasteiger partial charge in [0.15, 0.2) is 0 Å². The van der Waals surface area contributed by atoms with Crippen molar-refractivity contribution < 1.29 is 14.2 Å². The molecule has 0 aliphatic carbocycles. The van der Waals surface area contributed by atoms with Crippen LogP contribution in [-0.4, -0.2) is 21.3 Å². The molecule has 4 nitrogen and oxygen atoms in total. The second-order valence-electron chi connectivity index (χ2n) is 2.91. The highest BCUT2D eigenvalue weighted by Gasteiger charge is 2.10. The molecule has 4 heteroatoms. The van der Waals surface area contributed by atoms with Crippen LogP contribution in [0.25, 0.3) is 0 Å². The SMILES string of the molecule is COCc1cc(OC)c(C#N)cc1OC. The van der Waals surface area contributed by atoms with E-state index in [2.05, 4.69) is 0 Å². The van der Waals surface area contributed by atoms with Crippen molar-refractivity contribution in [2.45, 2.75) is 6.61 Å². The molecule has 0 atom stereocenters. The number of rotatable bonds is 4. The first kappa shape index (κ1) is 11.3. The third-order valence-electron chi connectivity index (χ3n) is 2.02. The summed E-state index contributed by atoms with van der Waals surface area (Å²) in [6.07, 6.45) is 0. The van der Waals surface area contributed by atoms with Crippen molar-refractivity contribution >= 4 is 0 Å². The molecule has 0 bridgehead atoms. The molecule has 0 radical (unpaired) electrons. The maximum atomic E-state index is 8.87. The highest BCUT2D eigenvalue weighted by atomic mass is 16.5. The molecular weight excluding hydrogens is 194 g/mol. The van der Waals surface area contributed by atoms with Crippen LogP contribution in [0.3, 0.4) is 0 Å². The fourth-order valence-electron chi connectivity index (χ4n) is 1.32. The molecule has 1 rings (SSSR count). The van der Waals surface area contributed by atoms with Crippen molar-refractivity contribution in [3.05, 3.63) is 23.3 Å². The molecule has 0 N–H and O–H groups in total. The van der Waals surface area contributed by atoms with Crippen LogP contribution < -0.4 is 9.47 Å². The first-order valence-electron chi connectivity index (χ1n) is 4.40. The lowest BCUT2D eigenvalue weighted by Crippen LogP contribution is -1.97. The van der Waals surface area contributed by atoms with Gasteiger partial charge in [-0.1, -0.05) is 0 Å². The molecule has 0 saturated carbocycles. The number of nitriles is 1. The number of ether oxygens (including phenoxy) is 3. The van der Waals surface area contributed by atoms with E-state index in [9.17, 15) is 0 Å². The summed E-state index contributed by atoms with van der Waals surface area (Å²) < 4.78 is 15.3. The van der Waals surface area contributed by atoms with Crippen LogP contribution in [0.2, 0.25) is 0 Å². The Bertz CT molecular complexity index is 382. The number of hydrogen-bond acceptors (Lipinski definition) is 4. The molecule has 0 heterocycles. The molecular formula is C11H13NO3. The Balaban J connectivity index is 3.22. The second kappa shape index (κ2) is 5.23. The van der Waals surface area contributed by atoms with Gasteiger partial charge < -0.3 is 14.2 Å². The van der Waals surface area contributed by atoms with Crippen molar-refractivity contribution in [1.82, 2.24) is 0 Å². The molecule has 0 aliphatic heterocycles. The Kier molecular flexibility index (Phi) is 3.95. The monoisotopic (exact) mass is 207 g/mol. The van der Waals surface area contributed by atoms with Crippen molar-refractivity contribution in [3.8, 4) is 17.6 Å². The molecule has 0 saturated heterocycles. The predicted molar refractivity (Wildman–Crippen MR) is 55.0 cm³/mol. The van der Waals surface area contributed by atoms with Gasteiger partial charge in [0.1, 0.15) is 17.6 Å². The van der Waals surface area contributed by atoms with Crippen LogP contribution in [0.4, 0.5) is 0 Å². The van der Waals surface area contributed by atoms with Gasteiger partial charge in [-0.2, -0.15) is 5.26 Å². The normalized spacial score (nSPS) is 9.47. The number of hydrogen-bond donors (Lipinski definition) is 0. The lowest BCUT2D eigenvalue weighted by atomic mass is 10.1. The van der Waals surface area contributed by atoms with Crippen LogP contribution in [-0.2, 0) is 11.3 Å². The second-order valence-corrected chi connectivity index (χ2v) is 2.91. The highest BCUT2D eigenvalue weighted by molar-refractivity contribution is 5.51. The maximum absolute atomic E-state index is 8.87. The van der Waals surface area contributed by atoms with Gasteiger partial charge in [-0.05, 0) is 6.07 Å². The lowest BCUT2D eigenvalue weighted by molar-refractivity contribution is 0.181. The molecule has 1 aromatic carbocycles. The average Bonchev–Trinajstić information content (AvgIpc) is 2.28. The summed E-state index contributed by atoms with van der Waals surface area (Å²) in [7, 11) is 4.69. The first-order chi connectivity index (χ1) is 7.26. The van der Waals surface area contributed by atoms with Crippen molar-refractivity contribution in [3.63, 3.8) is 0 Å². The summed E-state index contributed by atoms with van der Waals surface area (Å²) in [6, 6.07) is 5.44. The van der Waals surface area contributed by atoms with E-state index in [1.54, 1.807) is 26.4 Å². The minimum absolute atomic E-state index is 0.422. The Labute approximate surface area is 89.0 Å². The van der Waals surface area contributed by atoms with Gasteiger partial charge >= 0.3 is 0 Å². The minimum Gasteiger partial charge on any atom is -0.496 e. The van der Waals surface area contributed by atoms with E-state index in [1.807, 2.05) is 6.07 Å². The molecule has 0 amide bonds. The first-order valence-corrected chi connectivity index (χ1v) is 4.40. The van der Waals surface area contributed by atoms with E-state index in [0.717, 1.165) is 5.56 Å². The zero-order valence-electron chi connectivity index (χ0n) is 9.03. The summed E-state index contributed by atoms with van der Waals surface area (Å²) in [5.74, 6) is 1.17. The van der Waals surface area contributed by atoms with Crippen molar-refractivity contribution in [2.75, 3.05) is 21.3 Å². The molecule has 0 aromatic heterocycles. The Morgan fingerprint density at radius 3 is 2.27 bits per heavy atom. The van der Waals surface area contributed by atoms with Gasteiger partial charge in [0.2, 0.25) is 0 Å². The standard InChI is InChI=1S/C11H13NO3/c1-13-7-9-5-10(14-2)8(6-12)4-11(9)15-3/h4-5H,7H2,1-3H3. The van der Waals surface area contributed by atoms with Crippen LogP contribution in [0.1, 0.15) is 11.1 Å². The van der Waals surface area contributed by atoms with Gasteiger partial charge in [0.05, 0.1) is 26.4 Å². The third kappa shape index (κ3) is 2.39. The molecule has 80 valence electrons. The van der Waals surface area contributed by atoms with Gasteiger partial charge in [0, 0.05) is 18.7 Å². The van der Waals surface area contributed by atoms with E-state index in [-0.39, 0.29) is 0 Å². The molecule has 1 aromatic rings. The van der Waals surface area contributed by atoms with E-state index < -0.39 is 0 Å². The van der Waals surface area contributed by atoms with Gasteiger partial charge in [0.25, 0.3) is 0 Å². The Morgan fingerprint density at radius 2 is 1.80 bits per heavy atom. The number of benzene rings is 1. The van der Waals surface area contributed by atoms with Gasteiger partial charge in [-0.15, -0.1) is 0 Å². The average molecular weight is 207 g/mol. The smallest absolute Gasteiger partial charge is 0.137 e. The largest absolute Gasteiger partial charge is 0.496 e. The van der Waals surface area contributed by atoms with E-state index >= 15 is 0 Å². The van der Waals surface area contributed by atoms with Crippen LogP contribution in [0.15, 0.2) is 12.1 Å². The maximum Gasteiger partial charge on any atom is 0.137 e. The fourth-order valence-corrected chi connectivity index (χ4v) is 1.32. The van der Waals surface area contributed by atoms with E-state index in [0.29, 0.717) is 23.7 Å². The van der Waals surface area contributed by atoms with E-state index in [4.69, 9.17) is 19.5 Å². The molecule has 15 heavy (non-hydrogen) atoms. The summed E-state index contributed by atoms with van der Waals surface area (Å²) >= 11 is 0. The topological polar surface area (TPSA) is 51.5 Å². The van der Waals surface area contributed by atoms with Crippen LogP contribution >= 0.6 is 0 Å². The van der Waals surface area contributed by atoms with Crippen LogP contribution in [0, 0.1) is 11.3 Å². The molecule has 0 spiro atoms. The summed E-state index contributed by atoms with van der Waals surface area (Å²) in [4.78, 5) is 0. The highest BCUT2D eigenvalue weighted by Crippen LogP contribution is 2.28. The summed E-state index contributed by atoms with van der Waals surface area (Å²) in [5, 5.41) is 8.87. The quantitative estimate of drug-likeness (QED) is 0.754. The molecule has 0 fully saturated rings. The van der Waals surface area contributed by atoms with Crippen molar-refractivity contribution in [2.24, 2.45) is 0 Å². The lowest BCUT2D eigenvalue weighted by Gasteiger charge is -2.11. The Hall–Kier alpha value is -1.73. The zero-order chi connectivity index (χ0) is 11.3. The fraction of sp³-hybridized carbons (Fsp3) is 0.364. The number of nitrogens with zero attached hydrogens (tertiary/aromatic N) is 1. The van der Waals surface area contributed by atoms with Gasteiger partial charge in [-0.25, -0.2) is 0 Å². The van der Waals surface area contributed by atoms with E-state index in [1.165, 1.54) is 7.11 Å². The summed E-state index contributed by atoms with van der Waals surface area (Å²) in [5.41, 5.74) is 1.31. The zero-order valence-corrected chi connectivity index (χ0v) is 9.03.